The number of hydrogen-bond donors (Lipinski definition) is 0. The molecule has 11 aromatic rings. The monoisotopic (exact) mass is 864 g/mol. The molecule has 3 heteroatoms. The average Bonchev–Trinajstić information content (AvgIpc) is 3.85. The summed E-state index contributed by atoms with van der Waals surface area (Å²) in [6.07, 6.45) is 3.82. The summed E-state index contributed by atoms with van der Waals surface area (Å²) in [7, 11) is 0. The summed E-state index contributed by atoms with van der Waals surface area (Å²) in [6.45, 7) is 6.17. The average molecular weight is 865 g/mol. The van der Waals surface area contributed by atoms with Gasteiger partial charge in [-0.25, -0.2) is 6.07 Å². The fourth-order valence-electron chi connectivity index (χ4n) is 8.79. The van der Waals surface area contributed by atoms with Gasteiger partial charge in [0.15, 0.2) is 0 Å². The van der Waals surface area contributed by atoms with Crippen LogP contribution in [0.1, 0.15) is 5.56 Å². The van der Waals surface area contributed by atoms with Crippen molar-refractivity contribution in [2.75, 3.05) is 4.90 Å². The van der Waals surface area contributed by atoms with Gasteiger partial charge in [-0.3, -0.25) is 5.56 Å². The first-order chi connectivity index (χ1) is 32.7. The van der Waals surface area contributed by atoms with Gasteiger partial charge in [-0.05, 0) is 105 Å². The van der Waals surface area contributed by atoms with Crippen molar-refractivity contribution in [2.45, 2.75) is 0 Å². The van der Waals surface area contributed by atoms with Gasteiger partial charge in [0.1, 0.15) is 0 Å². The number of hydrogen-bond acceptors (Lipinski definition) is 1. The molecule has 0 aliphatic carbocycles. The van der Waals surface area contributed by atoms with Crippen molar-refractivity contribution >= 4 is 34.0 Å². The van der Waals surface area contributed by atoms with Crippen molar-refractivity contribution in [3.8, 4) is 61.3 Å². The zero-order chi connectivity index (χ0) is 44.5. The second-order valence-corrected chi connectivity index (χ2v) is 15.9. The Morgan fingerprint density at radius 3 is 1.45 bits per heavy atom. The Morgan fingerprint density at radius 1 is 0.388 bits per heavy atom. The van der Waals surface area contributed by atoms with Crippen molar-refractivity contribution in [3.05, 3.63) is 285 Å². The van der Waals surface area contributed by atoms with Crippen LogP contribution in [0.4, 0.5) is 17.1 Å². The zero-order valence-corrected chi connectivity index (χ0v) is 39.4. The first-order valence-electron chi connectivity index (χ1n) is 22.2. The van der Waals surface area contributed by atoms with E-state index < -0.39 is 0 Å². The van der Waals surface area contributed by atoms with Gasteiger partial charge in [0, 0.05) is 34.3 Å². The molecule has 0 saturated carbocycles. The third kappa shape index (κ3) is 9.65. The Bertz CT molecular complexity index is 3320. The summed E-state index contributed by atoms with van der Waals surface area (Å²) < 4.78 is 2.27. The summed E-state index contributed by atoms with van der Waals surface area (Å²) in [4.78, 5) is 2.38. The Balaban J connectivity index is 0.000000747. The third-order valence-electron chi connectivity index (χ3n) is 11.9. The molecule has 0 aliphatic heterocycles. The van der Waals surface area contributed by atoms with Crippen LogP contribution in [0.3, 0.4) is 0 Å². The summed E-state index contributed by atoms with van der Waals surface area (Å²) >= 11 is 0. The molecule has 67 heavy (non-hydrogen) atoms. The number of rotatable bonds is 10. The van der Waals surface area contributed by atoms with Crippen LogP contribution in [-0.2, 0) is 0 Å². The number of benzene rings is 10. The predicted octanol–water partition coefficient (Wildman–Crippen LogP) is 14.2. The second kappa shape index (κ2) is 21.1. The third-order valence-corrected chi connectivity index (χ3v) is 11.9. The van der Waals surface area contributed by atoms with E-state index in [4.69, 9.17) is 6.58 Å². The molecule has 11 rings (SSSR count). The molecule has 0 fully saturated rings. The Hall–Kier alpha value is -7.72. The first kappa shape index (κ1) is 44.5. The summed E-state index contributed by atoms with van der Waals surface area (Å²) in [5.41, 5.74) is 17.7. The van der Waals surface area contributed by atoms with E-state index in [1.54, 1.807) is 6.08 Å². The van der Waals surface area contributed by atoms with Crippen LogP contribution in [0.2, 0.25) is 0 Å². The van der Waals surface area contributed by atoms with E-state index in [1.807, 2.05) is 42.5 Å². The molecule has 1 heterocycles. The van der Waals surface area contributed by atoms with Crippen molar-refractivity contribution in [2.24, 2.45) is 0 Å². The molecule has 0 amide bonds. The summed E-state index contributed by atoms with van der Waals surface area (Å²) in [5, 5.41) is 1.20. The van der Waals surface area contributed by atoms with Crippen molar-refractivity contribution in [1.29, 1.82) is 0 Å². The van der Waals surface area contributed by atoms with E-state index in [9.17, 15) is 0 Å². The summed E-state index contributed by atoms with van der Waals surface area (Å²) in [6, 6.07) is 95.8. The van der Waals surface area contributed by atoms with Crippen LogP contribution >= 0.6 is 0 Å². The maximum absolute atomic E-state index is 6.17. The van der Waals surface area contributed by atoms with Crippen LogP contribution in [0, 0.1) is 18.7 Å². The van der Waals surface area contributed by atoms with Gasteiger partial charge in [0.05, 0.1) is 5.52 Å². The minimum atomic E-state index is 0. The fourth-order valence-corrected chi connectivity index (χ4v) is 8.79. The van der Waals surface area contributed by atoms with Gasteiger partial charge in [-0.1, -0.05) is 151 Å². The molecule has 0 spiro atoms. The number of para-hydroxylation sites is 1. The molecular formula is C64H45N2Na-2. The van der Waals surface area contributed by atoms with Crippen LogP contribution in [0.15, 0.2) is 261 Å². The first-order valence-corrected chi connectivity index (χ1v) is 22.2. The summed E-state index contributed by atoms with van der Waals surface area (Å²) in [5.74, 6) is 0. The molecule has 0 radical (unpaired) electrons. The van der Waals surface area contributed by atoms with E-state index in [-0.39, 0.29) is 29.6 Å². The van der Waals surface area contributed by atoms with Gasteiger partial charge < -0.3 is 22.1 Å². The van der Waals surface area contributed by atoms with Crippen molar-refractivity contribution in [3.63, 3.8) is 0 Å². The topological polar surface area (TPSA) is 8.17 Å². The zero-order valence-electron chi connectivity index (χ0n) is 37.4. The largest absolute Gasteiger partial charge is 1.00 e. The standard InChI is InChI=1S/C58H40N2.C6H5.Na/c1-2-42-18-15-16-27-51(42)53-36-34-49(40-56(53)45-21-9-4-10-22-45)60(48-32-30-44(31-33-48)43-19-7-3-8-20-43)50-35-37-54(57(41-50)46-23-11-5-12-24-46)52-28-17-29-58-55(52)38-39-59(58)47-25-13-6-14-26-47;1-2-4-6-5-3-1;/h1-17,19-41H;1-5H;/q-2;-1;+1. The molecule has 0 N–H and O–H groups in total. The van der Waals surface area contributed by atoms with Gasteiger partial charge in [-0.15, -0.1) is 6.07 Å². The molecule has 1 aromatic heterocycles. The molecule has 2 nitrogen and oxygen atoms in total. The number of anilines is 3. The molecule has 0 saturated heterocycles. The maximum Gasteiger partial charge on any atom is 1.00 e. The predicted molar refractivity (Wildman–Crippen MR) is 278 cm³/mol. The van der Waals surface area contributed by atoms with Crippen LogP contribution < -0.4 is 34.5 Å². The van der Waals surface area contributed by atoms with Gasteiger partial charge >= 0.3 is 29.6 Å². The second-order valence-electron chi connectivity index (χ2n) is 15.9. The Labute approximate surface area is 416 Å². The van der Waals surface area contributed by atoms with Gasteiger partial charge in [-0.2, -0.15) is 54.1 Å². The molecular weight excluding hydrogens is 820 g/mol. The smallest absolute Gasteiger partial charge is 0.344 e. The van der Waals surface area contributed by atoms with Gasteiger partial charge in [0.2, 0.25) is 0 Å². The number of nitrogens with zero attached hydrogens (tertiary/aromatic N) is 2. The van der Waals surface area contributed by atoms with E-state index in [0.717, 1.165) is 61.7 Å². The maximum atomic E-state index is 6.17. The van der Waals surface area contributed by atoms with Crippen LogP contribution in [-0.4, -0.2) is 4.57 Å². The van der Waals surface area contributed by atoms with Crippen LogP contribution in [0.5, 0.6) is 0 Å². The van der Waals surface area contributed by atoms with Gasteiger partial charge in [0.25, 0.3) is 0 Å². The van der Waals surface area contributed by atoms with E-state index >= 15 is 0 Å². The number of fused-ring (bicyclic) bond motifs is 1. The van der Waals surface area contributed by atoms with Crippen molar-refractivity contribution in [1.82, 2.24) is 4.57 Å². The quantitative estimate of drug-likeness (QED) is 0.0982. The Kier molecular flexibility index (Phi) is 14.0. The minimum absolute atomic E-state index is 0. The molecule has 0 aliphatic rings. The minimum Gasteiger partial charge on any atom is -0.344 e. The van der Waals surface area contributed by atoms with E-state index in [0.29, 0.717) is 0 Å². The molecule has 0 unspecified atom stereocenters. The van der Waals surface area contributed by atoms with E-state index in [2.05, 4.69) is 240 Å². The molecule has 0 bridgehead atoms. The molecule has 314 valence electrons. The SMILES string of the molecule is [CH-]=Cc1[c-]cccc1-c1ccc(N(c2ccc(-c3ccccc3)cc2)c2ccc(-c3cccc4c3ccn4-c3ccccc3)c(-c3ccccc3)c2)cc1-c1ccccc1.[Na+].[c-]1ccccc1. The Morgan fingerprint density at radius 2 is 0.896 bits per heavy atom. The fraction of sp³-hybridized carbons (Fsp3) is 0. The molecule has 10 aromatic carbocycles. The van der Waals surface area contributed by atoms with Crippen LogP contribution in [0.25, 0.3) is 78.3 Å². The van der Waals surface area contributed by atoms with Crippen molar-refractivity contribution < 1.29 is 29.6 Å². The normalized spacial score (nSPS) is 10.6. The van der Waals surface area contributed by atoms with E-state index in [1.165, 1.54) is 33.2 Å². The number of aromatic nitrogens is 1. The molecule has 0 atom stereocenters.